The Labute approximate surface area is 127 Å². The minimum atomic E-state index is -1.16. The molecule has 114 valence electrons. The molecule has 0 saturated carbocycles. The first kappa shape index (κ1) is 15.4. The molecular formula is C16H15NO5. The van der Waals surface area contributed by atoms with Crippen LogP contribution in [-0.4, -0.2) is 25.3 Å². The fourth-order valence-electron chi connectivity index (χ4n) is 2.13. The van der Waals surface area contributed by atoms with Gasteiger partial charge in [-0.25, -0.2) is 4.79 Å². The molecule has 1 aromatic carbocycles. The Kier molecular flexibility index (Phi) is 4.69. The Morgan fingerprint density at radius 2 is 2.09 bits per heavy atom. The zero-order valence-corrected chi connectivity index (χ0v) is 12.2. The molecule has 0 bridgehead atoms. The van der Waals surface area contributed by atoms with Gasteiger partial charge in [0.1, 0.15) is 23.2 Å². The number of nitrogens with zero attached hydrogens (tertiary/aromatic N) is 1. The molecule has 0 amide bonds. The largest absolute Gasteiger partial charge is 0.497 e. The fourth-order valence-corrected chi connectivity index (χ4v) is 2.13. The standard InChI is InChI=1S/C16H15NO5/c1-20-12-3-4-13(21-2)10(8-12)7-11(9-17)14-5-6-15(22-14)16(18)19/h3-6,8,11H,7H2,1-2H3,(H,18,19). The molecule has 0 saturated heterocycles. The number of aromatic carboxylic acids is 1. The minimum absolute atomic E-state index is 0.187. The SMILES string of the molecule is COc1ccc(OC)c(CC(C#N)c2ccc(C(=O)O)o2)c1. The number of hydrogen-bond acceptors (Lipinski definition) is 5. The third-order valence-electron chi connectivity index (χ3n) is 3.25. The van der Waals surface area contributed by atoms with E-state index in [2.05, 4.69) is 6.07 Å². The lowest BCUT2D eigenvalue weighted by Gasteiger charge is -2.12. The monoisotopic (exact) mass is 301 g/mol. The van der Waals surface area contributed by atoms with Crippen LogP contribution >= 0.6 is 0 Å². The molecule has 0 radical (unpaired) electrons. The summed E-state index contributed by atoms with van der Waals surface area (Å²) in [4.78, 5) is 10.9. The highest BCUT2D eigenvalue weighted by Gasteiger charge is 2.20. The molecule has 0 fully saturated rings. The number of rotatable bonds is 6. The number of benzene rings is 1. The van der Waals surface area contributed by atoms with Gasteiger partial charge in [0.2, 0.25) is 5.76 Å². The highest BCUT2D eigenvalue weighted by Crippen LogP contribution is 2.30. The number of furan rings is 1. The summed E-state index contributed by atoms with van der Waals surface area (Å²) in [6.45, 7) is 0. The topological polar surface area (TPSA) is 92.7 Å². The van der Waals surface area contributed by atoms with E-state index in [1.54, 1.807) is 32.4 Å². The molecule has 6 nitrogen and oxygen atoms in total. The summed E-state index contributed by atoms with van der Waals surface area (Å²) < 4.78 is 15.7. The first-order chi connectivity index (χ1) is 10.6. The van der Waals surface area contributed by atoms with Crippen molar-refractivity contribution in [3.8, 4) is 17.6 Å². The third kappa shape index (κ3) is 3.20. The minimum Gasteiger partial charge on any atom is -0.497 e. The van der Waals surface area contributed by atoms with Crippen molar-refractivity contribution >= 4 is 5.97 Å². The summed E-state index contributed by atoms with van der Waals surface area (Å²) in [5.74, 6) is -0.377. The van der Waals surface area contributed by atoms with Crippen molar-refractivity contribution in [2.24, 2.45) is 0 Å². The summed E-state index contributed by atoms with van der Waals surface area (Å²) in [6, 6.07) is 10.3. The van der Waals surface area contributed by atoms with Crippen LogP contribution in [0.25, 0.3) is 0 Å². The van der Waals surface area contributed by atoms with E-state index in [1.165, 1.54) is 12.1 Å². The highest BCUT2D eigenvalue weighted by molar-refractivity contribution is 5.84. The van der Waals surface area contributed by atoms with Gasteiger partial charge in [-0.15, -0.1) is 0 Å². The van der Waals surface area contributed by atoms with Gasteiger partial charge in [-0.1, -0.05) is 0 Å². The van der Waals surface area contributed by atoms with E-state index in [0.717, 1.165) is 5.56 Å². The first-order valence-electron chi connectivity index (χ1n) is 6.52. The Morgan fingerprint density at radius 1 is 1.32 bits per heavy atom. The van der Waals surface area contributed by atoms with Crippen LogP contribution in [0.5, 0.6) is 11.5 Å². The number of carboxylic acid groups (broad SMARTS) is 1. The molecule has 1 heterocycles. The number of hydrogen-bond donors (Lipinski definition) is 1. The predicted molar refractivity (Wildman–Crippen MR) is 77.3 cm³/mol. The van der Waals surface area contributed by atoms with Crippen molar-refractivity contribution in [2.45, 2.75) is 12.3 Å². The van der Waals surface area contributed by atoms with Crippen LogP contribution < -0.4 is 9.47 Å². The highest BCUT2D eigenvalue weighted by atomic mass is 16.5. The summed E-state index contributed by atoms with van der Waals surface area (Å²) in [6.07, 6.45) is 0.323. The Hall–Kier alpha value is -2.94. The predicted octanol–water partition coefficient (Wildman–Crippen LogP) is 2.84. The number of carboxylic acids is 1. The normalized spacial score (nSPS) is 11.5. The second-order valence-corrected chi connectivity index (χ2v) is 4.57. The molecule has 2 rings (SSSR count). The molecule has 0 aliphatic rings. The van der Waals surface area contributed by atoms with E-state index in [9.17, 15) is 10.1 Å². The average molecular weight is 301 g/mol. The summed E-state index contributed by atoms with van der Waals surface area (Å²) >= 11 is 0. The van der Waals surface area contributed by atoms with Crippen molar-refractivity contribution in [1.29, 1.82) is 5.26 Å². The van der Waals surface area contributed by atoms with Gasteiger partial charge in [0.15, 0.2) is 0 Å². The summed E-state index contributed by atoms with van der Waals surface area (Å²) in [7, 11) is 3.10. The number of methoxy groups -OCH3 is 2. The van der Waals surface area contributed by atoms with Crippen LogP contribution in [-0.2, 0) is 6.42 Å². The van der Waals surface area contributed by atoms with Crippen molar-refractivity contribution < 1.29 is 23.8 Å². The molecule has 6 heteroatoms. The molecule has 1 N–H and O–H groups in total. The van der Waals surface area contributed by atoms with Crippen LogP contribution in [0.1, 0.15) is 27.8 Å². The Morgan fingerprint density at radius 3 is 2.64 bits per heavy atom. The summed E-state index contributed by atoms with van der Waals surface area (Å²) in [5, 5.41) is 18.2. The molecular weight excluding hydrogens is 286 g/mol. The molecule has 2 aromatic rings. The maximum Gasteiger partial charge on any atom is 0.371 e. The Balaban J connectivity index is 2.30. The van der Waals surface area contributed by atoms with E-state index in [0.29, 0.717) is 23.7 Å². The van der Waals surface area contributed by atoms with Crippen LogP contribution in [0.2, 0.25) is 0 Å². The zero-order chi connectivity index (χ0) is 16.1. The molecule has 1 atom stereocenters. The van der Waals surface area contributed by atoms with Crippen molar-refractivity contribution in [1.82, 2.24) is 0 Å². The molecule has 22 heavy (non-hydrogen) atoms. The van der Waals surface area contributed by atoms with Gasteiger partial charge >= 0.3 is 5.97 Å². The van der Waals surface area contributed by atoms with Gasteiger partial charge in [-0.05, 0) is 42.3 Å². The maximum absolute atomic E-state index is 10.9. The molecule has 1 unspecified atom stereocenters. The number of nitriles is 1. The second-order valence-electron chi connectivity index (χ2n) is 4.57. The molecule has 1 aromatic heterocycles. The maximum atomic E-state index is 10.9. The van der Waals surface area contributed by atoms with Gasteiger partial charge in [0, 0.05) is 0 Å². The van der Waals surface area contributed by atoms with Gasteiger partial charge in [-0.3, -0.25) is 0 Å². The van der Waals surface area contributed by atoms with E-state index >= 15 is 0 Å². The second kappa shape index (κ2) is 6.68. The van der Waals surface area contributed by atoms with Gasteiger partial charge in [0.05, 0.1) is 20.3 Å². The van der Waals surface area contributed by atoms with E-state index in [-0.39, 0.29) is 5.76 Å². The van der Waals surface area contributed by atoms with Gasteiger partial charge in [0.25, 0.3) is 0 Å². The van der Waals surface area contributed by atoms with E-state index in [1.807, 2.05) is 0 Å². The number of ether oxygens (including phenoxy) is 2. The quantitative estimate of drug-likeness (QED) is 0.882. The van der Waals surface area contributed by atoms with Crippen molar-refractivity contribution in [2.75, 3.05) is 14.2 Å². The third-order valence-corrected chi connectivity index (χ3v) is 3.25. The molecule has 0 aliphatic carbocycles. The zero-order valence-electron chi connectivity index (χ0n) is 12.2. The van der Waals surface area contributed by atoms with Crippen LogP contribution in [0.15, 0.2) is 34.7 Å². The van der Waals surface area contributed by atoms with Crippen LogP contribution in [0.4, 0.5) is 0 Å². The first-order valence-corrected chi connectivity index (χ1v) is 6.52. The van der Waals surface area contributed by atoms with Crippen LogP contribution in [0.3, 0.4) is 0 Å². The lowest BCUT2D eigenvalue weighted by Crippen LogP contribution is -2.02. The van der Waals surface area contributed by atoms with Crippen molar-refractivity contribution in [3.63, 3.8) is 0 Å². The smallest absolute Gasteiger partial charge is 0.371 e. The lowest BCUT2D eigenvalue weighted by atomic mass is 9.97. The Bertz CT molecular complexity index is 714. The van der Waals surface area contributed by atoms with Gasteiger partial charge in [-0.2, -0.15) is 5.26 Å². The lowest BCUT2D eigenvalue weighted by molar-refractivity contribution is 0.0660. The summed E-state index contributed by atoms with van der Waals surface area (Å²) in [5.41, 5.74) is 0.779. The molecule has 0 spiro atoms. The average Bonchev–Trinajstić information content (AvgIpc) is 3.02. The van der Waals surface area contributed by atoms with E-state index in [4.69, 9.17) is 19.0 Å². The van der Waals surface area contributed by atoms with Gasteiger partial charge < -0.3 is 19.0 Å². The fraction of sp³-hybridized carbons (Fsp3) is 0.250. The molecule has 0 aliphatic heterocycles. The number of carbonyl (C=O) groups is 1. The van der Waals surface area contributed by atoms with Crippen molar-refractivity contribution in [3.05, 3.63) is 47.4 Å². The van der Waals surface area contributed by atoms with Crippen LogP contribution in [0, 0.1) is 11.3 Å². The van der Waals surface area contributed by atoms with E-state index < -0.39 is 11.9 Å².